The standard InChI is InChI=1S/C8H18.C6H4N2/c1-4-6-7-8(3)5-2;1-3-7-6-2-4-8-5(1)6/h8H,4-7H2,1-3H3;1-4H. The monoisotopic (exact) mass is 218 g/mol. The van der Waals surface area contributed by atoms with Crippen molar-refractivity contribution in [1.82, 2.24) is 0 Å². The van der Waals surface area contributed by atoms with Crippen LogP contribution in [0.15, 0.2) is 33.5 Å². The number of aliphatic imine (C=N–C) groups is 2. The van der Waals surface area contributed by atoms with Gasteiger partial charge in [0.25, 0.3) is 0 Å². The van der Waals surface area contributed by atoms with Crippen molar-refractivity contribution >= 4 is 12.4 Å². The predicted molar refractivity (Wildman–Crippen MR) is 72.1 cm³/mol. The number of allylic oxidation sites excluding steroid dienone is 2. The molecule has 0 aliphatic carbocycles. The molecule has 88 valence electrons. The van der Waals surface area contributed by atoms with Gasteiger partial charge < -0.3 is 0 Å². The number of hydrogen-bond donors (Lipinski definition) is 0. The minimum atomic E-state index is 0.954. The van der Waals surface area contributed by atoms with Gasteiger partial charge in [0.05, 0.1) is 11.4 Å². The smallest absolute Gasteiger partial charge is 0.0901 e. The molecule has 0 saturated carbocycles. The molecule has 2 heterocycles. The largest absolute Gasteiger partial charge is 0.254 e. The van der Waals surface area contributed by atoms with E-state index in [1.165, 1.54) is 25.7 Å². The minimum absolute atomic E-state index is 0.954. The molecule has 0 saturated heterocycles. The Labute approximate surface area is 98.9 Å². The maximum Gasteiger partial charge on any atom is 0.0901 e. The highest BCUT2D eigenvalue weighted by Crippen LogP contribution is 2.19. The molecular weight excluding hydrogens is 196 g/mol. The average Bonchev–Trinajstić information content (AvgIpc) is 2.89. The van der Waals surface area contributed by atoms with Crippen LogP contribution in [0.25, 0.3) is 0 Å². The zero-order valence-corrected chi connectivity index (χ0v) is 10.6. The Balaban J connectivity index is 0.000000160. The van der Waals surface area contributed by atoms with Crippen LogP contribution in [-0.2, 0) is 0 Å². The second kappa shape index (κ2) is 7.15. The van der Waals surface area contributed by atoms with Gasteiger partial charge in [-0.15, -0.1) is 0 Å². The predicted octanol–water partition coefficient (Wildman–Crippen LogP) is 4.15. The summed E-state index contributed by atoms with van der Waals surface area (Å²) in [5, 5.41) is 0. The van der Waals surface area contributed by atoms with Gasteiger partial charge in [0.2, 0.25) is 0 Å². The van der Waals surface area contributed by atoms with Crippen LogP contribution in [0, 0.1) is 5.92 Å². The lowest BCUT2D eigenvalue weighted by atomic mass is 10.0. The molecule has 2 rings (SSSR count). The molecule has 0 aromatic rings. The molecule has 2 heteroatoms. The summed E-state index contributed by atoms with van der Waals surface area (Å²) in [7, 11) is 0. The summed E-state index contributed by atoms with van der Waals surface area (Å²) in [4.78, 5) is 8.03. The second-order valence-corrected chi connectivity index (χ2v) is 4.32. The lowest BCUT2D eigenvalue weighted by molar-refractivity contribution is 0.492. The van der Waals surface area contributed by atoms with Crippen LogP contribution >= 0.6 is 0 Å². The molecule has 2 aliphatic rings. The van der Waals surface area contributed by atoms with Crippen LogP contribution < -0.4 is 0 Å². The van der Waals surface area contributed by atoms with E-state index in [9.17, 15) is 0 Å². The fraction of sp³-hybridized carbons (Fsp3) is 0.571. The molecule has 0 aromatic carbocycles. The van der Waals surface area contributed by atoms with Crippen molar-refractivity contribution in [3.63, 3.8) is 0 Å². The van der Waals surface area contributed by atoms with Crippen LogP contribution in [0.2, 0.25) is 0 Å². The summed E-state index contributed by atoms with van der Waals surface area (Å²) in [6, 6.07) is 0. The Kier molecular flexibility index (Phi) is 5.76. The van der Waals surface area contributed by atoms with Gasteiger partial charge in [-0.05, 0) is 18.1 Å². The number of rotatable bonds is 4. The van der Waals surface area contributed by atoms with E-state index in [1.807, 2.05) is 12.2 Å². The summed E-state index contributed by atoms with van der Waals surface area (Å²) in [6.07, 6.45) is 12.9. The number of fused-ring (bicyclic) bond motifs is 1. The van der Waals surface area contributed by atoms with E-state index in [2.05, 4.69) is 30.8 Å². The lowest BCUT2D eigenvalue weighted by Gasteiger charge is -2.04. The highest BCUT2D eigenvalue weighted by molar-refractivity contribution is 5.88. The van der Waals surface area contributed by atoms with Crippen molar-refractivity contribution in [2.24, 2.45) is 15.9 Å². The number of hydrogen-bond acceptors (Lipinski definition) is 2. The third kappa shape index (κ3) is 4.13. The zero-order chi connectivity index (χ0) is 11.8. The van der Waals surface area contributed by atoms with E-state index in [0.29, 0.717) is 0 Å². The Bertz CT molecular complexity index is 296. The normalized spacial score (nSPS) is 17.4. The van der Waals surface area contributed by atoms with Gasteiger partial charge in [0.1, 0.15) is 0 Å². The maximum absolute atomic E-state index is 4.02. The summed E-state index contributed by atoms with van der Waals surface area (Å²) in [5.74, 6) is 0.954. The topological polar surface area (TPSA) is 24.7 Å². The van der Waals surface area contributed by atoms with Gasteiger partial charge in [-0.3, -0.25) is 9.98 Å². The van der Waals surface area contributed by atoms with E-state index in [0.717, 1.165) is 17.3 Å². The molecular formula is C14H22N2. The molecule has 2 nitrogen and oxygen atoms in total. The SMILES string of the molecule is C1=NC2=CC=NC2=C1.CCCCC(C)CC. The molecule has 0 amide bonds. The van der Waals surface area contributed by atoms with Crippen LogP contribution in [-0.4, -0.2) is 12.4 Å². The quantitative estimate of drug-likeness (QED) is 0.677. The van der Waals surface area contributed by atoms with Gasteiger partial charge in [-0.2, -0.15) is 0 Å². The van der Waals surface area contributed by atoms with E-state index < -0.39 is 0 Å². The lowest BCUT2D eigenvalue weighted by Crippen LogP contribution is -1.89. The molecule has 0 N–H and O–H groups in total. The first-order valence-electron chi connectivity index (χ1n) is 6.27. The molecule has 0 aromatic heterocycles. The van der Waals surface area contributed by atoms with Crippen LogP contribution in [0.4, 0.5) is 0 Å². The summed E-state index contributed by atoms with van der Waals surface area (Å²) >= 11 is 0. The first kappa shape index (κ1) is 12.9. The van der Waals surface area contributed by atoms with E-state index >= 15 is 0 Å². The van der Waals surface area contributed by atoms with E-state index in [4.69, 9.17) is 0 Å². The average molecular weight is 218 g/mol. The van der Waals surface area contributed by atoms with E-state index in [-0.39, 0.29) is 0 Å². The fourth-order valence-corrected chi connectivity index (χ4v) is 1.52. The summed E-state index contributed by atoms with van der Waals surface area (Å²) in [6.45, 7) is 6.85. The highest BCUT2D eigenvalue weighted by atomic mass is 14.9. The van der Waals surface area contributed by atoms with Crippen molar-refractivity contribution in [2.75, 3.05) is 0 Å². The molecule has 1 unspecified atom stereocenters. The molecule has 16 heavy (non-hydrogen) atoms. The van der Waals surface area contributed by atoms with Crippen LogP contribution in [0.5, 0.6) is 0 Å². The third-order valence-corrected chi connectivity index (χ3v) is 2.90. The van der Waals surface area contributed by atoms with Crippen LogP contribution in [0.1, 0.15) is 46.5 Å². The summed E-state index contributed by atoms with van der Waals surface area (Å²) < 4.78 is 0. The van der Waals surface area contributed by atoms with Crippen molar-refractivity contribution < 1.29 is 0 Å². The molecule has 0 spiro atoms. The number of unbranched alkanes of at least 4 members (excludes halogenated alkanes) is 1. The first-order chi connectivity index (χ1) is 7.77. The van der Waals surface area contributed by atoms with E-state index in [1.54, 1.807) is 12.4 Å². The summed E-state index contributed by atoms with van der Waals surface area (Å²) in [5.41, 5.74) is 1.98. The maximum atomic E-state index is 4.02. The van der Waals surface area contributed by atoms with Gasteiger partial charge in [0.15, 0.2) is 0 Å². The Morgan fingerprint density at radius 1 is 1.06 bits per heavy atom. The molecule has 0 fully saturated rings. The fourth-order valence-electron chi connectivity index (χ4n) is 1.52. The van der Waals surface area contributed by atoms with Gasteiger partial charge >= 0.3 is 0 Å². The van der Waals surface area contributed by atoms with Crippen molar-refractivity contribution in [3.8, 4) is 0 Å². The Morgan fingerprint density at radius 3 is 2.06 bits per heavy atom. The Morgan fingerprint density at radius 2 is 1.62 bits per heavy atom. The highest BCUT2D eigenvalue weighted by Gasteiger charge is 2.07. The number of nitrogens with zero attached hydrogens (tertiary/aromatic N) is 2. The van der Waals surface area contributed by atoms with Crippen LogP contribution in [0.3, 0.4) is 0 Å². The van der Waals surface area contributed by atoms with Gasteiger partial charge in [-0.1, -0.05) is 46.5 Å². The molecule has 0 bridgehead atoms. The molecule has 0 radical (unpaired) electrons. The van der Waals surface area contributed by atoms with Gasteiger partial charge in [-0.25, -0.2) is 0 Å². The van der Waals surface area contributed by atoms with Gasteiger partial charge in [0, 0.05) is 12.4 Å². The molecule has 1 atom stereocenters. The first-order valence-corrected chi connectivity index (χ1v) is 6.27. The third-order valence-electron chi connectivity index (χ3n) is 2.90. The second-order valence-electron chi connectivity index (χ2n) is 4.32. The Hall–Kier alpha value is -1.18. The van der Waals surface area contributed by atoms with Crippen molar-refractivity contribution in [1.29, 1.82) is 0 Å². The molecule has 2 aliphatic heterocycles. The van der Waals surface area contributed by atoms with Crippen molar-refractivity contribution in [3.05, 3.63) is 23.5 Å². The van der Waals surface area contributed by atoms with Crippen molar-refractivity contribution in [2.45, 2.75) is 46.5 Å². The minimum Gasteiger partial charge on any atom is -0.254 e. The zero-order valence-electron chi connectivity index (χ0n) is 10.6.